The number of nitrogens with one attached hydrogen (secondary N) is 1. The monoisotopic (exact) mass is 385 g/mol. The van der Waals surface area contributed by atoms with Crippen LogP contribution in [0.25, 0.3) is 0 Å². The van der Waals surface area contributed by atoms with Crippen molar-refractivity contribution in [3.63, 3.8) is 0 Å². The van der Waals surface area contributed by atoms with E-state index < -0.39 is 15.9 Å². The summed E-state index contributed by atoms with van der Waals surface area (Å²) in [7, 11) is -3.55. The van der Waals surface area contributed by atoms with Crippen LogP contribution in [-0.4, -0.2) is 31.4 Å². The quantitative estimate of drug-likeness (QED) is 0.595. The number of sulfonamides is 1. The number of rotatable bonds is 0. The molecule has 0 unspecified atom stereocenters. The number of benzene rings is 1. The molecule has 1 aliphatic rings. The van der Waals surface area contributed by atoms with Gasteiger partial charge in [-0.3, -0.25) is 4.79 Å². The molecular weight excluding hydrogens is 378 g/mol. The van der Waals surface area contributed by atoms with Gasteiger partial charge in [0.05, 0.1) is 5.56 Å². The molecule has 0 aliphatic carbocycles. The first-order valence-electron chi connectivity index (χ1n) is 3.27. The fourth-order valence-electron chi connectivity index (χ4n) is 1.12. The maximum absolute atomic E-state index is 11.1. The molecule has 0 radical (unpaired) electrons. The Hall–Kier alpha value is 0.302. The number of fused-ring (bicyclic) bond motifs is 1. The first-order valence-corrected chi connectivity index (χ1v) is 4.76. The van der Waals surface area contributed by atoms with Crippen LogP contribution in [0.2, 0.25) is 0 Å². The summed E-state index contributed by atoms with van der Waals surface area (Å²) in [5.74, 6) is -0.550. The molecule has 1 aromatic rings. The van der Waals surface area contributed by atoms with Crippen molar-refractivity contribution in [1.82, 2.24) is 4.72 Å². The zero-order valence-electron chi connectivity index (χ0n) is 7.50. The molecule has 1 amide bonds. The minimum Gasteiger partial charge on any atom is 0 e. The van der Waals surface area contributed by atoms with Crippen LogP contribution in [0.3, 0.4) is 0 Å². The van der Waals surface area contributed by atoms with Gasteiger partial charge in [0, 0.05) is 36.5 Å². The van der Waals surface area contributed by atoms with Crippen molar-refractivity contribution in [3.05, 3.63) is 29.8 Å². The van der Waals surface area contributed by atoms with Crippen molar-refractivity contribution in [2.24, 2.45) is 0 Å². The van der Waals surface area contributed by atoms with Gasteiger partial charge in [-0.2, -0.15) is 0 Å². The van der Waals surface area contributed by atoms with E-state index >= 15 is 0 Å². The van der Waals surface area contributed by atoms with Gasteiger partial charge in [-0.05, 0) is 12.1 Å². The van der Waals surface area contributed by atoms with Gasteiger partial charge < -0.3 is 0 Å². The average molecular weight is 385 g/mol. The number of hydrogen-bond donors (Lipinski definition) is 1. The summed E-state index contributed by atoms with van der Waals surface area (Å²) in [6.45, 7) is 0. The minimum atomic E-state index is -3.55. The van der Waals surface area contributed by atoms with Crippen LogP contribution in [0, 0.1) is 0 Å². The van der Waals surface area contributed by atoms with Gasteiger partial charge in [-0.25, -0.2) is 13.1 Å². The van der Waals surface area contributed by atoms with E-state index in [0.29, 0.717) is 0 Å². The van der Waals surface area contributed by atoms with Crippen LogP contribution in [0.4, 0.5) is 0 Å². The molecular formula is C7H7FeNO3SSeZn. The Bertz CT molecular complexity index is 465. The molecule has 0 saturated heterocycles. The Morgan fingerprint density at radius 1 is 1.13 bits per heavy atom. The molecule has 80 valence electrons. The third kappa shape index (κ3) is 3.13. The van der Waals surface area contributed by atoms with Gasteiger partial charge in [0.1, 0.15) is 4.90 Å². The third-order valence-electron chi connectivity index (χ3n) is 1.65. The summed E-state index contributed by atoms with van der Waals surface area (Å²) < 4.78 is 24.2. The summed E-state index contributed by atoms with van der Waals surface area (Å²) in [6.07, 6.45) is 0. The van der Waals surface area contributed by atoms with Crippen LogP contribution in [-0.2, 0) is 46.6 Å². The maximum Gasteiger partial charge on any atom is 0 e. The predicted molar refractivity (Wildman–Crippen MR) is 49.6 cm³/mol. The number of carbonyl (C=O) groups is 1. The van der Waals surface area contributed by atoms with Crippen molar-refractivity contribution in [1.29, 1.82) is 0 Å². The number of amides is 1. The van der Waals surface area contributed by atoms with Crippen LogP contribution in [0.1, 0.15) is 10.4 Å². The molecule has 1 aliphatic heterocycles. The topological polar surface area (TPSA) is 63.2 Å². The number of carbonyl (C=O) groups excluding carboxylic acids is 1. The zero-order chi connectivity index (χ0) is 8.77. The molecule has 1 heterocycles. The minimum absolute atomic E-state index is 0. The molecule has 0 fully saturated rings. The number of hydrogen-bond acceptors (Lipinski definition) is 3. The van der Waals surface area contributed by atoms with E-state index in [1.807, 2.05) is 4.72 Å². The predicted octanol–water partition coefficient (Wildman–Crippen LogP) is -0.802. The standard InChI is InChI=1S/C7H5NO3S.Fe.H2Se.Zn/c9-7-5-3-1-2-4-6(5)12(10,11)8-7;;;/h1-4H,(H,8,9);;1H2;. The Labute approximate surface area is 121 Å². The molecule has 0 spiro atoms. The molecule has 1 aromatic carbocycles. The van der Waals surface area contributed by atoms with Gasteiger partial charge in [0.25, 0.3) is 15.9 Å². The summed E-state index contributed by atoms with van der Waals surface area (Å²) in [4.78, 5) is 11.1. The molecule has 0 atom stereocenters. The summed E-state index contributed by atoms with van der Waals surface area (Å²) in [5.41, 5.74) is 0.220. The average Bonchev–Trinajstić information content (AvgIpc) is 2.25. The smallest absolute Gasteiger partial charge is 0 e. The van der Waals surface area contributed by atoms with Gasteiger partial charge in [0.2, 0.25) is 0 Å². The summed E-state index contributed by atoms with van der Waals surface area (Å²) in [6, 6.07) is 6.09. The van der Waals surface area contributed by atoms with E-state index in [2.05, 4.69) is 0 Å². The summed E-state index contributed by atoms with van der Waals surface area (Å²) in [5, 5.41) is 0. The largest absolute Gasteiger partial charge is 0 e. The van der Waals surface area contributed by atoms with E-state index in [1.54, 1.807) is 12.1 Å². The van der Waals surface area contributed by atoms with E-state index in [0.717, 1.165) is 0 Å². The van der Waals surface area contributed by atoms with Gasteiger partial charge >= 0.3 is 17.1 Å². The normalized spacial score (nSPS) is 14.8. The molecule has 0 bridgehead atoms. The van der Waals surface area contributed by atoms with Crippen LogP contribution >= 0.6 is 0 Å². The van der Waals surface area contributed by atoms with Crippen molar-refractivity contribution in [2.45, 2.75) is 4.90 Å². The van der Waals surface area contributed by atoms with Gasteiger partial charge in [-0.15, -0.1) is 0 Å². The van der Waals surface area contributed by atoms with Crippen molar-refractivity contribution in [3.8, 4) is 0 Å². The Balaban J connectivity index is 0. The molecule has 4 nitrogen and oxygen atoms in total. The Kier molecular flexibility index (Phi) is 7.24. The Morgan fingerprint density at radius 3 is 2.20 bits per heavy atom. The fourth-order valence-corrected chi connectivity index (χ4v) is 2.29. The second-order valence-corrected chi connectivity index (χ2v) is 4.08. The van der Waals surface area contributed by atoms with Crippen molar-refractivity contribution in [2.75, 3.05) is 0 Å². The molecule has 0 saturated carbocycles. The molecule has 2 rings (SSSR count). The second kappa shape index (κ2) is 6.14. The molecule has 0 aromatic heterocycles. The van der Waals surface area contributed by atoms with Crippen LogP contribution < -0.4 is 4.72 Å². The zero-order valence-corrected chi connectivity index (χ0v) is 14.5. The first-order chi connectivity index (χ1) is 5.61. The Morgan fingerprint density at radius 2 is 1.67 bits per heavy atom. The molecule has 8 heteroatoms. The molecule has 1 N–H and O–H groups in total. The third-order valence-corrected chi connectivity index (χ3v) is 3.04. The van der Waals surface area contributed by atoms with Gasteiger partial charge in [0.15, 0.2) is 0 Å². The first kappa shape index (κ1) is 17.7. The summed E-state index contributed by atoms with van der Waals surface area (Å²) >= 11 is 0. The van der Waals surface area contributed by atoms with E-state index in [1.165, 1.54) is 12.1 Å². The second-order valence-electron chi connectivity index (χ2n) is 2.43. The molecule has 15 heavy (non-hydrogen) atoms. The SMILES string of the molecule is O=C1NS(=O)(=O)c2ccccc21.[Fe].[SeH2].[Zn]. The van der Waals surface area contributed by atoms with Crippen molar-refractivity contribution < 1.29 is 49.8 Å². The van der Waals surface area contributed by atoms with E-state index in [9.17, 15) is 13.2 Å². The van der Waals surface area contributed by atoms with Crippen LogP contribution in [0.15, 0.2) is 29.2 Å². The van der Waals surface area contributed by atoms with Crippen LogP contribution in [0.5, 0.6) is 0 Å². The van der Waals surface area contributed by atoms with Gasteiger partial charge in [-0.1, -0.05) is 12.1 Å². The van der Waals surface area contributed by atoms with Crippen molar-refractivity contribution >= 4 is 33.0 Å². The fraction of sp³-hybridized carbons (Fsp3) is 0. The van der Waals surface area contributed by atoms with E-state index in [-0.39, 0.29) is 64.1 Å². The maximum atomic E-state index is 11.1. The van der Waals surface area contributed by atoms with E-state index in [4.69, 9.17) is 0 Å².